The number of nitrogens with two attached hydrogens (primary N) is 2. The fourth-order valence-electron chi connectivity index (χ4n) is 3.61. The Bertz CT molecular complexity index is 847. The Kier molecular flexibility index (Phi) is 5.03. The lowest BCUT2D eigenvalue weighted by Gasteiger charge is -2.23. The molecule has 0 bridgehead atoms. The minimum Gasteiger partial charge on any atom is -0.399 e. The SMILES string of the molecule is CC(C)c1ccc(C(C)C)c(-c2cccc(N)c2)c1-c1cccc(N)c1. The van der Waals surface area contributed by atoms with Crippen molar-refractivity contribution in [3.05, 3.63) is 71.8 Å². The van der Waals surface area contributed by atoms with E-state index in [9.17, 15) is 0 Å². The predicted molar refractivity (Wildman–Crippen MR) is 114 cm³/mol. The molecule has 0 aliphatic rings. The van der Waals surface area contributed by atoms with Crippen LogP contribution in [0.15, 0.2) is 60.7 Å². The normalized spacial score (nSPS) is 11.3. The second-order valence-electron chi connectivity index (χ2n) is 7.55. The van der Waals surface area contributed by atoms with E-state index in [1.807, 2.05) is 24.3 Å². The molecule has 26 heavy (non-hydrogen) atoms. The Morgan fingerprint density at radius 2 is 0.962 bits per heavy atom. The van der Waals surface area contributed by atoms with Crippen LogP contribution in [0.3, 0.4) is 0 Å². The highest BCUT2D eigenvalue weighted by Crippen LogP contribution is 2.43. The van der Waals surface area contributed by atoms with Gasteiger partial charge in [0.25, 0.3) is 0 Å². The first kappa shape index (κ1) is 18.1. The first-order valence-electron chi connectivity index (χ1n) is 9.27. The summed E-state index contributed by atoms with van der Waals surface area (Å²) in [6.45, 7) is 8.96. The lowest BCUT2D eigenvalue weighted by Crippen LogP contribution is -2.02. The lowest BCUT2D eigenvalue weighted by molar-refractivity contribution is 0.849. The largest absolute Gasteiger partial charge is 0.399 e. The second-order valence-corrected chi connectivity index (χ2v) is 7.55. The molecule has 0 aliphatic carbocycles. The minimum atomic E-state index is 0.410. The molecule has 0 radical (unpaired) electrons. The summed E-state index contributed by atoms with van der Waals surface area (Å²) in [5, 5.41) is 0. The molecular weight excluding hydrogens is 316 g/mol. The van der Waals surface area contributed by atoms with Crippen LogP contribution in [0.25, 0.3) is 22.3 Å². The van der Waals surface area contributed by atoms with Crippen molar-refractivity contribution in [3.8, 4) is 22.3 Å². The summed E-state index contributed by atoms with van der Waals surface area (Å²) in [6.07, 6.45) is 0. The van der Waals surface area contributed by atoms with E-state index >= 15 is 0 Å². The van der Waals surface area contributed by atoms with Gasteiger partial charge in [0.2, 0.25) is 0 Å². The van der Waals surface area contributed by atoms with Gasteiger partial charge in [-0.3, -0.25) is 0 Å². The molecule has 0 saturated carbocycles. The zero-order valence-corrected chi connectivity index (χ0v) is 16.1. The van der Waals surface area contributed by atoms with E-state index in [0.717, 1.165) is 22.5 Å². The van der Waals surface area contributed by atoms with E-state index in [4.69, 9.17) is 11.5 Å². The van der Waals surface area contributed by atoms with Gasteiger partial charge in [0.05, 0.1) is 0 Å². The van der Waals surface area contributed by atoms with E-state index < -0.39 is 0 Å². The van der Waals surface area contributed by atoms with Crippen molar-refractivity contribution in [1.29, 1.82) is 0 Å². The number of hydrogen-bond acceptors (Lipinski definition) is 2. The zero-order valence-electron chi connectivity index (χ0n) is 16.1. The molecule has 0 aliphatic heterocycles. The van der Waals surface area contributed by atoms with Crippen LogP contribution in [-0.2, 0) is 0 Å². The molecule has 3 rings (SSSR count). The molecule has 0 spiro atoms. The van der Waals surface area contributed by atoms with Gasteiger partial charge in [0, 0.05) is 11.4 Å². The summed E-state index contributed by atoms with van der Waals surface area (Å²) in [5.41, 5.74) is 21.3. The molecule has 2 heteroatoms. The summed E-state index contributed by atoms with van der Waals surface area (Å²) in [6, 6.07) is 20.9. The topological polar surface area (TPSA) is 52.0 Å². The van der Waals surface area contributed by atoms with Crippen molar-refractivity contribution in [2.45, 2.75) is 39.5 Å². The number of nitrogen functional groups attached to an aromatic ring is 2. The van der Waals surface area contributed by atoms with Gasteiger partial charge < -0.3 is 11.5 Å². The molecule has 2 nitrogen and oxygen atoms in total. The summed E-state index contributed by atoms with van der Waals surface area (Å²) in [7, 11) is 0. The maximum atomic E-state index is 6.11. The standard InChI is InChI=1S/C24H28N2/c1-15(2)21-11-12-22(16(3)4)24(18-8-6-10-20(26)14-18)23(21)17-7-5-9-19(25)13-17/h5-16H,25-26H2,1-4H3. The van der Waals surface area contributed by atoms with Crippen LogP contribution >= 0.6 is 0 Å². The molecule has 0 unspecified atom stereocenters. The highest BCUT2D eigenvalue weighted by atomic mass is 14.5. The van der Waals surface area contributed by atoms with Crippen molar-refractivity contribution in [2.24, 2.45) is 0 Å². The molecule has 0 saturated heterocycles. The summed E-state index contributed by atoms with van der Waals surface area (Å²) in [5.74, 6) is 0.819. The van der Waals surface area contributed by atoms with Crippen LogP contribution in [0.5, 0.6) is 0 Å². The quantitative estimate of drug-likeness (QED) is 0.536. The summed E-state index contributed by atoms with van der Waals surface area (Å²) >= 11 is 0. The van der Waals surface area contributed by atoms with Gasteiger partial charge in [-0.1, -0.05) is 64.1 Å². The number of rotatable bonds is 4. The van der Waals surface area contributed by atoms with Crippen LogP contribution in [0.2, 0.25) is 0 Å². The van der Waals surface area contributed by atoms with E-state index in [0.29, 0.717) is 11.8 Å². The van der Waals surface area contributed by atoms with Gasteiger partial charge in [-0.25, -0.2) is 0 Å². The van der Waals surface area contributed by atoms with Gasteiger partial charge in [-0.15, -0.1) is 0 Å². The molecule has 0 heterocycles. The third kappa shape index (κ3) is 3.45. The van der Waals surface area contributed by atoms with Gasteiger partial charge in [-0.05, 0) is 69.5 Å². The molecule has 3 aromatic rings. The number of anilines is 2. The molecule has 134 valence electrons. The number of hydrogen-bond donors (Lipinski definition) is 2. The van der Waals surface area contributed by atoms with Gasteiger partial charge in [0.15, 0.2) is 0 Å². The Labute approximate surface area is 156 Å². The fraction of sp³-hybridized carbons (Fsp3) is 0.250. The zero-order chi connectivity index (χ0) is 18.8. The maximum absolute atomic E-state index is 6.11. The van der Waals surface area contributed by atoms with E-state index in [2.05, 4.69) is 64.1 Å². The first-order valence-corrected chi connectivity index (χ1v) is 9.27. The monoisotopic (exact) mass is 344 g/mol. The first-order chi connectivity index (χ1) is 12.4. The maximum Gasteiger partial charge on any atom is 0.0320 e. The second kappa shape index (κ2) is 7.25. The minimum absolute atomic E-state index is 0.410. The average Bonchev–Trinajstić information content (AvgIpc) is 2.60. The third-order valence-electron chi connectivity index (χ3n) is 4.86. The van der Waals surface area contributed by atoms with Crippen molar-refractivity contribution in [1.82, 2.24) is 0 Å². The molecule has 0 fully saturated rings. The van der Waals surface area contributed by atoms with Gasteiger partial charge >= 0.3 is 0 Å². The summed E-state index contributed by atoms with van der Waals surface area (Å²) < 4.78 is 0. The summed E-state index contributed by atoms with van der Waals surface area (Å²) in [4.78, 5) is 0. The molecule has 3 aromatic carbocycles. The van der Waals surface area contributed by atoms with Crippen LogP contribution < -0.4 is 11.5 Å². The molecule has 0 atom stereocenters. The van der Waals surface area contributed by atoms with Crippen molar-refractivity contribution < 1.29 is 0 Å². The Hall–Kier alpha value is -2.74. The Balaban J connectivity index is 2.43. The van der Waals surface area contributed by atoms with Crippen LogP contribution in [0.4, 0.5) is 11.4 Å². The molecule has 4 N–H and O–H groups in total. The van der Waals surface area contributed by atoms with Crippen molar-refractivity contribution in [3.63, 3.8) is 0 Å². The molecule has 0 amide bonds. The van der Waals surface area contributed by atoms with Crippen LogP contribution in [0, 0.1) is 0 Å². The lowest BCUT2D eigenvalue weighted by atomic mass is 9.81. The van der Waals surface area contributed by atoms with Gasteiger partial charge in [0.1, 0.15) is 0 Å². The van der Waals surface area contributed by atoms with E-state index in [1.165, 1.54) is 22.3 Å². The predicted octanol–water partition coefficient (Wildman–Crippen LogP) is 6.43. The third-order valence-corrected chi connectivity index (χ3v) is 4.86. The molecular formula is C24H28N2. The van der Waals surface area contributed by atoms with E-state index in [-0.39, 0.29) is 0 Å². The van der Waals surface area contributed by atoms with Crippen LogP contribution in [-0.4, -0.2) is 0 Å². The van der Waals surface area contributed by atoms with E-state index in [1.54, 1.807) is 0 Å². The smallest absolute Gasteiger partial charge is 0.0320 e. The highest BCUT2D eigenvalue weighted by Gasteiger charge is 2.20. The Morgan fingerprint density at radius 3 is 1.27 bits per heavy atom. The van der Waals surface area contributed by atoms with Crippen LogP contribution in [0.1, 0.15) is 50.7 Å². The fourth-order valence-corrected chi connectivity index (χ4v) is 3.61. The Morgan fingerprint density at radius 1 is 0.577 bits per heavy atom. The molecule has 0 aromatic heterocycles. The average molecular weight is 345 g/mol. The van der Waals surface area contributed by atoms with Gasteiger partial charge in [-0.2, -0.15) is 0 Å². The highest BCUT2D eigenvalue weighted by molar-refractivity contribution is 5.90. The van der Waals surface area contributed by atoms with Crippen molar-refractivity contribution >= 4 is 11.4 Å². The number of benzene rings is 3. The van der Waals surface area contributed by atoms with Crippen molar-refractivity contribution in [2.75, 3.05) is 11.5 Å².